The van der Waals surface area contributed by atoms with Gasteiger partial charge in [-0.05, 0) is 39.5 Å². The summed E-state index contributed by atoms with van der Waals surface area (Å²) in [6.45, 7) is 6.20. The van der Waals surface area contributed by atoms with E-state index in [1.165, 1.54) is 19.3 Å². The van der Waals surface area contributed by atoms with Gasteiger partial charge in [-0.25, -0.2) is 4.99 Å². The number of hydrogen-bond acceptors (Lipinski definition) is 3. The van der Waals surface area contributed by atoms with Gasteiger partial charge >= 0.3 is 0 Å². The van der Waals surface area contributed by atoms with Crippen LogP contribution in [0, 0.1) is 5.92 Å². The molecule has 1 heterocycles. The summed E-state index contributed by atoms with van der Waals surface area (Å²) in [7, 11) is 0. The zero-order valence-electron chi connectivity index (χ0n) is 11.0. The lowest BCUT2D eigenvalue weighted by Crippen LogP contribution is -2.47. The molecule has 4 nitrogen and oxygen atoms in total. The van der Waals surface area contributed by atoms with Gasteiger partial charge in [0.05, 0.1) is 0 Å². The van der Waals surface area contributed by atoms with Crippen molar-refractivity contribution in [1.82, 2.24) is 10.6 Å². The predicted octanol–water partition coefficient (Wildman–Crippen LogP) is 1.81. The fourth-order valence-corrected chi connectivity index (χ4v) is 2.61. The molecule has 1 fully saturated rings. The molecule has 0 spiro atoms. The van der Waals surface area contributed by atoms with Crippen LogP contribution in [0.15, 0.2) is 4.99 Å². The second-order valence-corrected chi connectivity index (χ2v) is 6.18. The van der Waals surface area contributed by atoms with Crippen LogP contribution < -0.4 is 10.6 Å². The molecule has 0 aromatic carbocycles. The SMILES string of the molecule is CC(C)(C)NC1=NC(C2CCCCC2)C(=O)N1. The van der Waals surface area contributed by atoms with Gasteiger partial charge in [0.1, 0.15) is 6.04 Å². The first-order valence-electron chi connectivity index (χ1n) is 6.62. The minimum absolute atomic E-state index is 0.0619. The van der Waals surface area contributed by atoms with E-state index < -0.39 is 0 Å². The molecule has 1 aliphatic heterocycles. The summed E-state index contributed by atoms with van der Waals surface area (Å²) in [5.74, 6) is 1.17. The standard InChI is InChI=1S/C13H23N3O/c1-13(2,3)16-12-14-10(11(17)15-12)9-7-5-4-6-8-9/h9-10H,4-8H2,1-3H3,(H2,14,15,16,17). The maximum atomic E-state index is 11.9. The van der Waals surface area contributed by atoms with Gasteiger partial charge in [-0.15, -0.1) is 0 Å². The number of hydrogen-bond donors (Lipinski definition) is 2. The number of rotatable bonds is 1. The Balaban J connectivity index is 2.00. The Morgan fingerprint density at radius 3 is 2.47 bits per heavy atom. The van der Waals surface area contributed by atoms with Gasteiger partial charge in [0.25, 0.3) is 5.91 Å². The zero-order valence-corrected chi connectivity index (χ0v) is 11.0. The summed E-state index contributed by atoms with van der Waals surface area (Å²) in [6, 6.07) is -0.153. The van der Waals surface area contributed by atoms with Crippen molar-refractivity contribution in [1.29, 1.82) is 0 Å². The van der Waals surface area contributed by atoms with Gasteiger partial charge in [0.15, 0.2) is 5.96 Å². The number of nitrogens with one attached hydrogen (secondary N) is 2. The van der Waals surface area contributed by atoms with Crippen LogP contribution in [0.4, 0.5) is 0 Å². The van der Waals surface area contributed by atoms with Crippen molar-refractivity contribution in [2.24, 2.45) is 10.9 Å². The second kappa shape index (κ2) is 4.67. The number of carbonyl (C=O) groups is 1. The fourth-order valence-electron chi connectivity index (χ4n) is 2.61. The Morgan fingerprint density at radius 2 is 1.88 bits per heavy atom. The Labute approximate surface area is 103 Å². The maximum Gasteiger partial charge on any atom is 0.251 e. The highest BCUT2D eigenvalue weighted by molar-refractivity contribution is 6.05. The van der Waals surface area contributed by atoms with Crippen molar-refractivity contribution in [3.63, 3.8) is 0 Å². The van der Waals surface area contributed by atoms with Crippen LogP contribution in [0.5, 0.6) is 0 Å². The van der Waals surface area contributed by atoms with Gasteiger partial charge in [0, 0.05) is 5.54 Å². The van der Waals surface area contributed by atoms with Crippen LogP contribution in [0.3, 0.4) is 0 Å². The maximum absolute atomic E-state index is 11.9. The normalized spacial score (nSPS) is 26.6. The first-order valence-corrected chi connectivity index (χ1v) is 6.62. The highest BCUT2D eigenvalue weighted by Gasteiger charge is 2.34. The quantitative estimate of drug-likeness (QED) is 0.731. The number of carbonyl (C=O) groups excluding carboxylic acids is 1. The molecule has 2 rings (SSSR count). The average molecular weight is 237 g/mol. The Hall–Kier alpha value is -1.06. The molecule has 4 heteroatoms. The van der Waals surface area contributed by atoms with E-state index in [1.807, 2.05) is 0 Å². The Bertz CT molecular complexity index is 324. The van der Waals surface area contributed by atoms with E-state index in [-0.39, 0.29) is 17.5 Å². The molecule has 1 atom stereocenters. The molecule has 1 unspecified atom stereocenters. The van der Waals surface area contributed by atoms with Crippen LogP contribution in [0.25, 0.3) is 0 Å². The first-order chi connectivity index (χ1) is 7.96. The molecule has 17 heavy (non-hydrogen) atoms. The largest absolute Gasteiger partial charge is 0.351 e. The lowest BCUT2D eigenvalue weighted by atomic mass is 9.84. The van der Waals surface area contributed by atoms with E-state index in [0.29, 0.717) is 11.9 Å². The molecule has 0 aromatic heterocycles. The van der Waals surface area contributed by atoms with E-state index >= 15 is 0 Å². The minimum Gasteiger partial charge on any atom is -0.351 e. The minimum atomic E-state index is -0.153. The van der Waals surface area contributed by atoms with Crippen molar-refractivity contribution < 1.29 is 4.79 Å². The van der Waals surface area contributed by atoms with Gasteiger partial charge in [-0.1, -0.05) is 19.3 Å². The monoisotopic (exact) mass is 237 g/mol. The number of aliphatic imine (C=N–C) groups is 1. The fraction of sp³-hybridized carbons (Fsp3) is 0.846. The molecule has 1 amide bonds. The number of guanidine groups is 1. The number of nitrogens with zero attached hydrogens (tertiary/aromatic N) is 1. The van der Waals surface area contributed by atoms with Gasteiger partial charge in [-0.2, -0.15) is 0 Å². The molecule has 0 radical (unpaired) electrons. The highest BCUT2D eigenvalue weighted by Crippen LogP contribution is 2.29. The van der Waals surface area contributed by atoms with E-state index in [1.54, 1.807) is 0 Å². The summed E-state index contributed by atoms with van der Waals surface area (Å²) in [6.07, 6.45) is 6.08. The third-order valence-electron chi connectivity index (χ3n) is 3.37. The van der Waals surface area contributed by atoms with Gasteiger partial charge in [0.2, 0.25) is 0 Å². The Morgan fingerprint density at radius 1 is 1.24 bits per heavy atom. The molecule has 1 aliphatic carbocycles. The Kier molecular flexibility index (Phi) is 3.40. The number of amides is 1. The van der Waals surface area contributed by atoms with Crippen molar-refractivity contribution in [3.05, 3.63) is 0 Å². The highest BCUT2D eigenvalue weighted by atomic mass is 16.2. The van der Waals surface area contributed by atoms with Crippen LogP contribution in [-0.2, 0) is 4.79 Å². The van der Waals surface area contributed by atoms with Crippen molar-refractivity contribution >= 4 is 11.9 Å². The molecular formula is C13H23N3O. The summed E-state index contributed by atoms with van der Waals surface area (Å²) in [5.41, 5.74) is -0.0619. The lowest BCUT2D eigenvalue weighted by Gasteiger charge is -2.23. The zero-order chi connectivity index (χ0) is 12.5. The third kappa shape index (κ3) is 3.20. The predicted molar refractivity (Wildman–Crippen MR) is 68.8 cm³/mol. The van der Waals surface area contributed by atoms with Gasteiger partial charge < -0.3 is 5.32 Å². The molecule has 0 aromatic rings. The van der Waals surface area contributed by atoms with Crippen LogP contribution >= 0.6 is 0 Å². The third-order valence-corrected chi connectivity index (χ3v) is 3.37. The summed E-state index contributed by atoms with van der Waals surface area (Å²) in [4.78, 5) is 16.4. The van der Waals surface area contributed by atoms with Crippen LogP contribution in [0.1, 0.15) is 52.9 Å². The van der Waals surface area contributed by atoms with E-state index in [0.717, 1.165) is 12.8 Å². The molecule has 96 valence electrons. The molecule has 0 bridgehead atoms. The lowest BCUT2D eigenvalue weighted by molar-refractivity contribution is -0.121. The second-order valence-electron chi connectivity index (χ2n) is 6.18. The molecule has 1 saturated carbocycles. The van der Waals surface area contributed by atoms with Crippen LogP contribution in [-0.4, -0.2) is 23.4 Å². The van der Waals surface area contributed by atoms with Crippen molar-refractivity contribution in [2.45, 2.75) is 64.5 Å². The van der Waals surface area contributed by atoms with E-state index in [2.05, 4.69) is 36.4 Å². The molecule has 0 saturated heterocycles. The van der Waals surface area contributed by atoms with E-state index in [4.69, 9.17) is 0 Å². The average Bonchev–Trinajstić information content (AvgIpc) is 2.58. The summed E-state index contributed by atoms with van der Waals surface area (Å²) in [5, 5.41) is 6.09. The first kappa shape index (κ1) is 12.4. The van der Waals surface area contributed by atoms with Crippen LogP contribution in [0.2, 0.25) is 0 Å². The van der Waals surface area contributed by atoms with Gasteiger partial charge in [-0.3, -0.25) is 10.1 Å². The topological polar surface area (TPSA) is 53.5 Å². The molecule has 2 N–H and O–H groups in total. The molecular weight excluding hydrogens is 214 g/mol. The van der Waals surface area contributed by atoms with Crippen molar-refractivity contribution in [3.8, 4) is 0 Å². The summed E-state index contributed by atoms with van der Waals surface area (Å²) < 4.78 is 0. The van der Waals surface area contributed by atoms with Crippen molar-refractivity contribution in [2.75, 3.05) is 0 Å². The van der Waals surface area contributed by atoms with E-state index in [9.17, 15) is 4.79 Å². The summed E-state index contributed by atoms with van der Waals surface area (Å²) >= 11 is 0. The smallest absolute Gasteiger partial charge is 0.251 e. The molecule has 2 aliphatic rings.